The lowest BCUT2D eigenvalue weighted by atomic mass is 10.1. The molecule has 0 aliphatic rings. The Morgan fingerprint density at radius 1 is 1.28 bits per heavy atom. The van der Waals surface area contributed by atoms with Gasteiger partial charge in [-0.25, -0.2) is 9.78 Å². The smallest absolute Gasteiger partial charge is 0.345 e. The number of hydrogen-bond acceptors (Lipinski definition) is 6. The van der Waals surface area contributed by atoms with Crippen molar-refractivity contribution < 1.29 is 8.83 Å². The summed E-state index contributed by atoms with van der Waals surface area (Å²) < 4.78 is 10.3. The van der Waals surface area contributed by atoms with Gasteiger partial charge in [-0.3, -0.25) is 0 Å². The Morgan fingerprint density at radius 3 is 2.96 bits per heavy atom. The van der Waals surface area contributed by atoms with E-state index in [1.165, 1.54) is 17.6 Å². The van der Waals surface area contributed by atoms with Gasteiger partial charge < -0.3 is 8.83 Å². The maximum Gasteiger partial charge on any atom is 0.345 e. The molecule has 4 rings (SSSR count). The van der Waals surface area contributed by atoms with Gasteiger partial charge in [0.2, 0.25) is 0 Å². The maximum atomic E-state index is 12.2. The van der Waals surface area contributed by atoms with E-state index in [1.54, 1.807) is 35.9 Å². The number of nitriles is 1. The summed E-state index contributed by atoms with van der Waals surface area (Å²) >= 11 is 1.30. The van der Waals surface area contributed by atoms with Crippen molar-refractivity contribution in [2.24, 2.45) is 0 Å². The Balaban J connectivity index is 1.78. The molecule has 0 radical (unpaired) electrons. The van der Waals surface area contributed by atoms with Crippen LogP contribution in [0.1, 0.15) is 10.6 Å². The van der Waals surface area contributed by atoms with Crippen molar-refractivity contribution in [2.75, 3.05) is 0 Å². The van der Waals surface area contributed by atoms with E-state index in [4.69, 9.17) is 8.83 Å². The largest absolute Gasteiger partial charge is 0.472 e. The Kier molecular flexibility index (Phi) is 3.77. The molecule has 0 unspecified atom stereocenters. The van der Waals surface area contributed by atoms with E-state index < -0.39 is 5.63 Å². The summed E-state index contributed by atoms with van der Waals surface area (Å²) in [5.74, 6) is 0. The van der Waals surface area contributed by atoms with Crippen LogP contribution in [-0.2, 0) is 0 Å². The molecule has 6 heteroatoms. The van der Waals surface area contributed by atoms with E-state index in [2.05, 4.69) is 11.1 Å². The molecule has 0 aliphatic heterocycles. The Morgan fingerprint density at radius 2 is 2.16 bits per heavy atom. The molecule has 0 saturated carbocycles. The average Bonchev–Trinajstić information content (AvgIpc) is 3.31. The highest BCUT2D eigenvalue weighted by molar-refractivity contribution is 7.11. The normalized spacial score (nSPS) is 11.6. The number of thiazole rings is 1. The van der Waals surface area contributed by atoms with Crippen LogP contribution in [0.15, 0.2) is 67.9 Å². The van der Waals surface area contributed by atoms with Gasteiger partial charge in [-0.05, 0) is 24.3 Å². The molecule has 25 heavy (non-hydrogen) atoms. The van der Waals surface area contributed by atoms with E-state index in [9.17, 15) is 10.1 Å². The minimum atomic E-state index is -0.451. The lowest BCUT2D eigenvalue weighted by Gasteiger charge is -1.99. The summed E-state index contributed by atoms with van der Waals surface area (Å²) in [6, 6.07) is 12.9. The number of aromatic nitrogens is 1. The van der Waals surface area contributed by atoms with Gasteiger partial charge in [0, 0.05) is 16.3 Å². The van der Waals surface area contributed by atoms with E-state index >= 15 is 0 Å². The van der Waals surface area contributed by atoms with Crippen LogP contribution in [-0.4, -0.2) is 4.98 Å². The van der Waals surface area contributed by atoms with Crippen molar-refractivity contribution in [3.8, 4) is 17.3 Å². The second-order valence-corrected chi connectivity index (χ2v) is 6.11. The first-order valence-electron chi connectivity index (χ1n) is 7.38. The van der Waals surface area contributed by atoms with Gasteiger partial charge >= 0.3 is 5.63 Å². The second kappa shape index (κ2) is 6.23. The molecule has 0 spiro atoms. The lowest BCUT2D eigenvalue weighted by molar-refractivity contribution is 0.563. The topological polar surface area (TPSA) is 80.0 Å². The first kappa shape index (κ1) is 15.1. The van der Waals surface area contributed by atoms with E-state index in [-0.39, 0.29) is 0 Å². The third-order valence-electron chi connectivity index (χ3n) is 3.63. The zero-order valence-electron chi connectivity index (χ0n) is 12.8. The van der Waals surface area contributed by atoms with Crippen molar-refractivity contribution in [3.63, 3.8) is 0 Å². The van der Waals surface area contributed by atoms with Gasteiger partial charge in [0.25, 0.3) is 0 Å². The molecule has 0 fully saturated rings. The van der Waals surface area contributed by atoms with Gasteiger partial charge in [0.1, 0.15) is 16.7 Å². The van der Waals surface area contributed by atoms with Crippen LogP contribution < -0.4 is 5.63 Å². The monoisotopic (exact) mass is 346 g/mol. The number of rotatable bonds is 3. The third-order valence-corrected chi connectivity index (χ3v) is 4.50. The average molecular weight is 346 g/mol. The van der Waals surface area contributed by atoms with Gasteiger partial charge in [0.05, 0.1) is 29.4 Å². The Bertz CT molecular complexity index is 1180. The lowest BCUT2D eigenvalue weighted by Crippen LogP contribution is -2.02. The van der Waals surface area contributed by atoms with Crippen molar-refractivity contribution in [1.29, 1.82) is 5.26 Å². The number of fused-ring (bicyclic) bond motifs is 1. The molecule has 4 aromatic rings. The number of hydrogen-bond donors (Lipinski definition) is 0. The molecule has 0 bridgehead atoms. The molecule has 3 aromatic heterocycles. The van der Waals surface area contributed by atoms with Crippen LogP contribution >= 0.6 is 11.3 Å². The molecular formula is C19H10N2O3S. The van der Waals surface area contributed by atoms with E-state index in [0.717, 1.165) is 10.9 Å². The Hall–Kier alpha value is -3.43. The van der Waals surface area contributed by atoms with Crippen molar-refractivity contribution >= 4 is 34.0 Å². The molecule has 0 N–H and O–H groups in total. The van der Waals surface area contributed by atoms with Crippen molar-refractivity contribution in [1.82, 2.24) is 4.98 Å². The first-order chi connectivity index (χ1) is 12.2. The van der Waals surface area contributed by atoms with Crippen LogP contribution in [0.5, 0.6) is 0 Å². The predicted octanol–water partition coefficient (Wildman–Crippen LogP) is 4.57. The summed E-state index contributed by atoms with van der Waals surface area (Å²) in [5.41, 5.74) is 2.13. The van der Waals surface area contributed by atoms with Crippen LogP contribution in [0, 0.1) is 11.3 Å². The highest BCUT2D eigenvalue weighted by atomic mass is 32.1. The second-order valence-electron chi connectivity index (χ2n) is 5.25. The molecule has 0 amide bonds. The molecule has 5 nitrogen and oxygen atoms in total. The minimum Gasteiger partial charge on any atom is -0.472 e. The van der Waals surface area contributed by atoms with Gasteiger partial charge in [-0.2, -0.15) is 5.26 Å². The zero-order chi connectivity index (χ0) is 17.2. The van der Waals surface area contributed by atoms with Gasteiger partial charge in [-0.1, -0.05) is 18.2 Å². The van der Waals surface area contributed by atoms with Gasteiger partial charge in [-0.15, -0.1) is 11.3 Å². The molecule has 0 saturated heterocycles. The van der Waals surface area contributed by atoms with E-state index in [0.29, 0.717) is 27.4 Å². The molecule has 120 valence electrons. The van der Waals surface area contributed by atoms with Crippen LogP contribution in [0.2, 0.25) is 0 Å². The number of nitrogens with zero attached hydrogens (tertiary/aromatic N) is 2. The van der Waals surface area contributed by atoms with Crippen LogP contribution in [0.4, 0.5) is 0 Å². The fourth-order valence-corrected chi connectivity index (χ4v) is 3.21. The third kappa shape index (κ3) is 2.89. The number of allylic oxidation sites excluding steroid dienone is 1. The van der Waals surface area contributed by atoms with Gasteiger partial charge in [0.15, 0.2) is 0 Å². The summed E-state index contributed by atoms with van der Waals surface area (Å²) in [6.07, 6.45) is 4.77. The maximum absolute atomic E-state index is 12.2. The van der Waals surface area contributed by atoms with Crippen molar-refractivity contribution in [2.45, 2.75) is 0 Å². The highest BCUT2D eigenvalue weighted by Crippen LogP contribution is 2.27. The summed E-state index contributed by atoms with van der Waals surface area (Å²) in [7, 11) is 0. The predicted molar refractivity (Wildman–Crippen MR) is 95.8 cm³/mol. The Labute approximate surface area is 146 Å². The molecular weight excluding hydrogens is 336 g/mol. The quantitative estimate of drug-likeness (QED) is 0.401. The number of para-hydroxylation sites is 1. The SMILES string of the molecule is N#CC(=Cc1ccoc1)c1nc(-c2cc3ccccc3oc2=O)cs1. The summed E-state index contributed by atoms with van der Waals surface area (Å²) in [4.78, 5) is 16.7. The minimum absolute atomic E-state index is 0.377. The van der Waals surface area contributed by atoms with Crippen LogP contribution in [0.25, 0.3) is 33.9 Å². The molecule has 1 aromatic carbocycles. The summed E-state index contributed by atoms with van der Waals surface area (Å²) in [5, 5.41) is 12.5. The van der Waals surface area contributed by atoms with Crippen LogP contribution in [0.3, 0.4) is 0 Å². The van der Waals surface area contributed by atoms with E-state index in [1.807, 2.05) is 18.2 Å². The molecule has 3 heterocycles. The van der Waals surface area contributed by atoms with Crippen molar-refractivity contribution in [3.05, 3.63) is 75.3 Å². The molecule has 0 atom stereocenters. The summed E-state index contributed by atoms with van der Waals surface area (Å²) in [6.45, 7) is 0. The fourth-order valence-electron chi connectivity index (χ4n) is 2.43. The molecule has 0 aliphatic carbocycles. The standard InChI is InChI=1S/C19H10N2O3S/c20-9-14(7-12-5-6-23-10-12)18-21-16(11-25-18)15-8-13-3-1-2-4-17(13)24-19(15)22/h1-8,10-11H. The first-order valence-corrected chi connectivity index (χ1v) is 8.26. The number of furan rings is 1. The fraction of sp³-hybridized carbons (Fsp3) is 0. The number of benzene rings is 1. The highest BCUT2D eigenvalue weighted by Gasteiger charge is 2.13. The zero-order valence-corrected chi connectivity index (χ0v) is 13.6.